The van der Waals surface area contributed by atoms with Crippen molar-refractivity contribution in [2.75, 3.05) is 0 Å². The molecule has 112 valence electrons. The summed E-state index contributed by atoms with van der Waals surface area (Å²) in [5.41, 5.74) is 0.739. The molecule has 4 heteroatoms. The molecule has 21 heavy (non-hydrogen) atoms. The van der Waals surface area contributed by atoms with Crippen molar-refractivity contribution < 1.29 is 9.59 Å². The molecule has 0 aromatic heterocycles. The van der Waals surface area contributed by atoms with Gasteiger partial charge >= 0.3 is 0 Å². The largest absolute Gasteiger partial charge is 0.296 e. The van der Waals surface area contributed by atoms with Crippen LogP contribution in [0.15, 0.2) is 28.7 Å². The topological polar surface area (TPSA) is 46.2 Å². The van der Waals surface area contributed by atoms with Gasteiger partial charge in [0.15, 0.2) is 0 Å². The number of hydrogen-bond acceptors (Lipinski definition) is 2. The SMILES string of the molecule is CC1(CC2CCC2)CC(=O)NC(=O)C1c1ccc(Br)cc1. The second kappa shape index (κ2) is 5.56. The van der Waals surface area contributed by atoms with Crippen LogP contribution in [0.1, 0.15) is 50.5 Å². The summed E-state index contributed by atoms with van der Waals surface area (Å²) in [6.07, 6.45) is 5.16. The quantitative estimate of drug-likeness (QED) is 0.844. The Balaban J connectivity index is 1.93. The first-order valence-electron chi connectivity index (χ1n) is 7.57. The van der Waals surface area contributed by atoms with E-state index >= 15 is 0 Å². The highest BCUT2D eigenvalue weighted by atomic mass is 79.9. The second-order valence-electron chi connectivity index (χ2n) is 6.73. The number of rotatable bonds is 3. The van der Waals surface area contributed by atoms with Gasteiger partial charge in [0, 0.05) is 10.9 Å². The minimum Gasteiger partial charge on any atom is -0.296 e. The number of imide groups is 1. The van der Waals surface area contributed by atoms with E-state index in [2.05, 4.69) is 28.2 Å². The molecule has 0 spiro atoms. The van der Waals surface area contributed by atoms with Crippen molar-refractivity contribution in [1.82, 2.24) is 5.32 Å². The fourth-order valence-corrected chi connectivity index (χ4v) is 4.06. The van der Waals surface area contributed by atoms with Gasteiger partial charge in [-0.2, -0.15) is 0 Å². The maximum absolute atomic E-state index is 12.4. The number of amides is 2. The molecular formula is C17H20BrNO2. The van der Waals surface area contributed by atoms with E-state index in [0.29, 0.717) is 12.3 Å². The second-order valence-corrected chi connectivity index (χ2v) is 7.64. The number of carbonyl (C=O) groups is 2. The molecule has 2 amide bonds. The standard InChI is InChI=1S/C17H20BrNO2/c1-17(9-11-3-2-4-11)10-14(20)19-16(21)15(17)12-5-7-13(18)8-6-12/h5-8,11,15H,2-4,9-10H2,1H3,(H,19,20,21). The van der Waals surface area contributed by atoms with E-state index in [1.54, 1.807) is 0 Å². The lowest BCUT2D eigenvalue weighted by Crippen LogP contribution is -2.50. The summed E-state index contributed by atoms with van der Waals surface area (Å²) in [5, 5.41) is 2.52. The fraction of sp³-hybridized carbons (Fsp3) is 0.529. The molecule has 3 nitrogen and oxygen atoms in total. The monoisotopic (exact) mass is 349 g/mol. The Morgan fingerprint density at radius 1 is 1.24 bits per heavy atom. The summed E-state index contributed by atoms with van der Waals surface area (Å²) in [6.45, 7) is 2.11. The summed E-state index contributed by atoms with van der Waals surface area (Å²) < 4.78 is 0.999. The summed E-state index contributed by atoms with van der Waals surface area (Å²) in [7, 11) is 0. The van der Waals surface area contributed by atoms with Crippen LogP contribution in [0.3, 0.4) is 0 Å². The highest BCUT2D eigenvalue weighted by Gasteiger charge is 2.47. The zero-order chi connectivity index (χ0) is 15.0. The number of halogens is 1. The van der Waals surface area contributed by atoms with Crippen molar-refractivity contribution in [2.45, 2.75) is 44.9 Å². The molecule has 3 rings (SSSR count). The number of carbonyl (C=O) groups excluding carboxylic acids is 2. The third-order valence-corrected chi connectivity index (χ3v) is 5.50. The van der Waals surface area contributed by atoms with Gasteiger partial charge in [0.2, 0.25) is 11.8 Å². The van der Waals surface area contributed by atoms with Crippen molar-refractivity contribution in [3.8, 4) is 0 Å². The molecule has 2 aliphatic rings. The van der Waals surface area contributed by atoms with E-state index < -0.39 is 0 Å². The van der Waals surface area contributed by atoms with Crippen molar-refractivity contribution in [3.63, 3.8) is 0 Å². The molecule has 2 atom stereocenters. The number of benzene rings is 1. The molecule has 2 fully saturated rings. The third-order valence-electron chi connectivity index (χ3n) is 4.97. The van der Waals surface area contributed by atoms with Gasteiger partial charge in [-0.3, -0.25) is 14.9 Å². The lowest BCUT2D eigenvalue weighted by atomic mass is 9.62. The molecule has 0 bridgehead atoms. The van der Waals surface area contributed by atoms with Crippen LogP contribution in [-0.2, 0) is 9.59 Å². The van der Waals surface area contributed by atoms with Crippen LogP contribution in [0, 0.1) is 11.3 Å². The minimum absolute atomic E-state index is 0.129. The molecule has 1 aliphatic carbocycles. The summed E-state index contributed by atoms with van der Waals surface area (Å²) in [5.74, 6) is 0.168. The van der Waals surface area contributed by atoms with Crippen LogP contribution < -0.4 is 5.32 Å². The average Bonchev–Trinajstić information content (AvgIpc) is 2.35. The first-order chi connectivity index (χ1) is 9.98. The Morgan fingerprint density at radius 3 is 2.48 bits per heavy atom. The predicted molar refractivity (Wildman–Crippen MR) is 84.7 cm³/mol. The van der Waals surface area contributed by atoms with Gasteiger partial charge in [-0.1, -0.05) is 54.2 Å². The van der Waals surface area contributed by atoms with Crippen LogP contribution in [0.4, 0.5) is 0 Å². The van der Waals surface area contributed by atoms with Crippen molar-refractivity contribution in [3.05, 3.63) is 34.3 Å². The number of hydrogen-bond donors (Lipinski definition) is 1. The van der Waals surface area contributed by atoms with E-state index in [4.69, 9.17) is 0 Å². The summed E-state index contributed by atoms with van der Waals surface area (Å²) in [4.78, 5) is 24.3. The lowest BCUT2D eigenvalue weighted by molar-refractivity contribution is -0.140. The normalized spacial score (nSPS) is 29.9. The zero-order valence-corrected chi connectivity index (χ0v) is 13.8. The number of nitrogens with one attached hydrogen (secondary N) is 1. The molecule has 1 aromatic rings. The molecule has 0 radical (unpaired) electrons. The Morgan fingerprint density at radius 2 is 1.90 bits per heavy atom. The van der Waals surface area contributed by atoms with E-state index in [1.165, 1.54) is 19.3 Å². The van der Waals surface area contributed by atoms with Crippen molar-refractivity contribution in [1.29, 1.82) is 0 Å². The molecule has 2 unspecified atom stereocenters. The zero-order valence-electron chi connectivity index (χ0n) is 12.2. The van der Waals surface area contributed by atoms with Crippen LogP contribution >= 0.6 is 15.9 Å². The Kier molecular flexibility index (Phi) is 3.91. The van der Waals surface area contributed by atoms with Gasteiger partial charge in [-0.05, 0) is 35.4 Å². The van der Waals surface area contributed by atoms with Gasteiger partial charge in [0.05, 0.1) is 5.92 Å². The predicted octanol–water partition coefficient (Wildman–Crippen LogP) is 3.78. The van der Waals surface area contributed by atoms with E-state index in [-0.39, 0.29) is 23.1 Å². The first-order valence-corrected chi connectivity index (χ1v) is 8.36. The van der Waals surface area contributed by atoms with Crippen LogP contribution in [-0.4, -0.2) is 11.8 Å². The highest BCUT2D eigenvalue weighted by Crippen LogP contribution is 2.49. The molecule has 1 aliphatic heterocycles. The molecular weight excluding hydrogens is 330 g/mol. The Labute approximate surface area is 133 Å². The van der Waals surface area contributed by atoms with Gasteiger partial charge in [0.1, 0.15) is 0 Å². The van der Waals surface area contributed by atoms with Gasteiger partial charge in [-0.15, -0.1) is 0 Å². The van der Waals surface area contributed by atoms with E-state index in [1.807, 2.05) is 24.3 Å². The van der Waals surface area contributed by atoms with Crippen LogP contribution in [0.5, 0.6) is 0 Å². The summed E-state index contributed by atoms with van der Waals surface area (Å²) >= 11 is 3.43. The molecule has 1 aromatic carbocycles. The van der Waals surface area contributed by atoms with Crippen molar-refractivity contribution >= 4 is 27.7 Å². The first kappa shape index (κ1) is 14.8. The van der Waals surface area contributed by atoms with Gasteiger partial charge in [-0.25, -0.2) is 0 Å². The maximum atomic E-state index is 12.4. The van der Waals surface area contributed by atoms with Gasteiger partial charge < -0.3 is 0 Å². The Hall–Kier alpha value is -1.16. The molecule has 1 saturated heterocycles. The minimum atomic E-state index is -0.266. The molecule has 1 N–H and O–H groups in total. The van der Waals surface area contributed by atoms with E-state index in [0.717, 1.165) is 16.5 Å². The maximum Gasteiger partial charge on any atom is 0.234 e. The molecule has 1 saturated carbocycles. The highest BCUT2D eigenvalue weighted by molar-refractivity contribution is 9.10. The fourth-order valence-electron chi connectivity index (χ4n) is 3.79. The van der Waals surface area contributed by atoms with Crippen LogP contribution in [0.25, 0.3) is 0 Å². The van der Waals surface area contributed by atoms with Crippen molar-refractivity contribution in [2.24, 2.45) is 11.3 Å². The lowest BCUT2D eigenvalue weighted by Gasteiger charge is -2.44. The van der Waals surface area contributed by atoms with E-state index in [9.17, 15) is 9.59 Å². The van der Waals surface area contributed by atoms with Gasteiger partial charge in [0.25, 0.3) is 0 Å². The Bertz CT molecular complexity index is 565. The summed E-state index contributed by atoms with van der Waals surface area (Å²) in [6, 6.07) is 7.90. The molecule has 1 heterocycles. The van der Waals surface area contributed by atoms with Crippen LogP contribution in [0.2, 0.25) is 0 Å². The smallest absolute Gasteiger partial charge is 0.234 e. The third kappa shape index (κ3) is 2.91. The number of piperidine rings is 1. The average molecular weight is 350 g/mol.